The van der Waals surface area contributed by atoms with E-state index in [9.17, 15) is 4.79 Å². The molecule has 0 radical (unpaired) electrons. The van der Waals surface area contributed by atoms with Crippen molar-refractivity contribution in [3.8, 4) is 0 Å². The van der Waals surface area contributed by atoms with E-state index in [0.29, 0.717) is 18.7 Å². The first kappa shape index (κ1) is 11.9. The van der Waals surface area contributed by atoms with Crippen molar-refractivity contribution in [3.63, 3.8) is 0 Å². The van der Waals surface area contributed by atoms with Crippen LogP contribution in [0.25, 0.3) is 10.9 Å². The maximum Gasteiger partial charge on any atom is 0.224 e. The molecule has 0 saturated carbocycles. The summed E-state index contributed by atoms with van der Waals surface area (Å²) in [4.78, 5) is 15.7. The third-order valence-electron chi connectivity index (χ3n) is 2.42. The van der Waals surface area contributed by atoms with Gasteiger partial charge in [0.05, 0.1) is 5.52 Å². The molecular formula is C13H13ClN2O. The fourth-order valence-corrected chi connectivity index (χ4v) is 1.74. The predicted octanol–water partition coefficient (Wildman–Crippen LogP) is 3.19. The third-order valence-corrected chi connectivity index (χ3v) is 2.69. The smallest absolute Gasteiger partial charge is 0.224 e. The standard InChI is InChI=1S/C13H13ClN2O/c14-7-1-4-13(17)16-11-5-6-12-10(9-11)3-2-8-15-12/h2-3,5-6,8-9H,1,4,7H2,(H,16,17). The first-order valence-corrected chi connectivity index (χ1v) is 6.03. The van der Waals surface area contributed by atoms with Crippen LogP contribution in [0.5, 0.6) is 0 Å². The number of hydrogen-bond acceptors (Lipinski definition) is 2. The average molecular weight is 249 g/mol. The molecule has 1 aromatic carbocycles. The largest absolute Gasteiger partial charge is 0.326 e. The van der Waals surface area contributed by atoms with Crippen LogP contribution in [0, 0.1) is 0 Å². The number of aromatic nitrogens is 1. The maximum absolute atomic E-state index is 11.5. The molecule has 1 N–H and O–H groups in total. The van der Waals surface area contributed by atoms with E-state index in [-0.39, 0.29) is 5.91 Å². The number of pyridine rings is 1. The molecule has 3 nitrogen and oxygen atoms in total. The Bertz CT molecular complexity index is 528. The number of carbonyl (C=O) groups excluding carboxylic acids is 1. The molecule has 0 spiro atoms. The number of alkyl halides is 1. The van der Waals surface area contributed by atoms with Crippen LogP contribution in [0.15, 0.2) is 36.5 Å². The lowest BCUT2D eigenvalue weighted by atomic mass is 10.2. The Kier molecular flexibility index (Phi) is 3.94. The highest BCUT2D eigenvalue weighted by Gasteiger charge is 2.02. The SMILES string of the molecule is O=C(CCCCl)Nc1ccc2ncccc2c1. The molecule has 2 aromatic rings. The molecule has 1 heterocycles. The van der Waals surface area contributed by atoms with E-state index < -0.39 is 0 Å². The van der Waals surface area contributed by atoms with E-state index in [1.165, 1.54) is 0 Å². The van der Waals surface area contributed by atoms with Crippen molar-refractivity contribution >= 4 is 34.1 Å². The van der Waals surface area contributed by atoms with Gasteiger partial charge in [0.15, 0.2) is 0 Å². The lowest BCUT2D eigenvalue weighted by Gasteiger charge is -2.05. The number of fused-ring (bicyclic) bond motifs is 1. The Morgan fingerprint density at radius 2 is 2.24 bits per heavy atom. The second kappa shape index (κ2) is 5.64. The van der Waals surface area contributed by atoms with Gasteiger partial charge in [-0.3, -0.25) is 9.78 Å². The molecule has 0 aliphatic rings. The summed E-state index contributed by atoms with van der Waals surface area (Å²) in [7, 11) is 0. The van der Waals surface area contributed by atoms with E-state index >= 15 is 0 Å². The topological polar surface area (TPSA) is 42.0 Å². The van der Waals surface area contributed by atoms with Gasteiger partial charge >= 0.3 is 0 Å². The van der Waals surface area contributed by atoms with Gasteiger partial charge in [-0.1, -0.05) is 6.07 Å². The molecule has 2 rings (SSSR count). The maximum atomic E-state index is 11.5. The van der Waals surface area contributed by atoms with Crippen molar-refractivity contribution in [1.82, 2.24) is 4.98 Å². The van der Waals surface area contributed by atoms with Crippen LogP contribution in [-0.4, -0.2) is 16.8 Å². The molecule has 17 heavy (non-hydrogen) atoms. The number of nitrogens with one attached hydrogen (secondary N) is 1. The molecule has 0 aliphatic carbocycles. The first-order chi connectivity index (χ1) is 8.29. The molecule has 0 fully saturated rings. The molecule has 0 bridgehead atoms. The van der Waals surface area contributed by atoms with Gasteiger partial charge in [0.2, 0.25) is 5.91 Å². The second-order valence-electron chi connectivity index (χ2n) is 3.75. The summed E-state index contributed by atoms with van der Waals surface area (Å²) in [6, 6.07) is 9.51. The molecule has 1 aromatic heterocycles. The monoisotopic (exact) mass is 248 g/mol. The zero-order chi connectivity index (χ0) is 12.1. The number of anilines is 1. The molecule has 0 unspecified atom stereocenters. The summed E-state index contributed by atoms with van der Waals surface area (Å²) in [6.45, 7) is 0. The van der Waals surface area contributed by atoms with Gasteiger partial charge in [-0.25, -0.2) is 0 Å². The van der Waals surface area contributed by atoms with Gasteiger partial charge in [0.25, 0.3) is 0 Å². The number of nitrogens with zero attached hydrogens (tertiary/aromatic N) is 1. The first-order valence-electron chi connectivity index (χ1n) is 5.50. The Morgan fingerprint density at radius 3 is 3.06 bits per heavy atom. The van der Waals surface area contributed by atoms with Crippen molar-refractivity contribution in [2.45, 2.75) is 12.8 Å². The zero-order valence-corrected chi connectivity index (χ0v) is 10.1. The Morgan fingerprint density at radius 1 is 1.35 bits per heavy atom. The average Bonchev–Trinajstić information content (AvgIpc) is 2.36. The van der Waals surface area contributed by atoms with Gasteiger partial charge in [0, 0.05) is 29.6 Å². The Hall–Kier alpha value is -1.61. The molecule has 0 atom stereocenters. The normalized spacial score (nSPS) is 10.4. The zero-order valence-electron chi connectivity index (χ0n) is 9.32. The number of rotatable bonds is 4. The summed E-state index contributed by atoms with van der Waals surface area (Å²) in [6.07, 6.45) is 2.90. The van der Waals surface area contributed by atoms with Gasteiger partial charge < -0.3 is 5.32 Å². The lowest BCUT2D eigenvalue weighted by Crippen LogP contribution is -2.11. The van der Waals surface area contributed by atoms with Crippen molar-refractivity contribution < 1.29 is 4.79 Å². The predicted molar refractivity (Wildman–Crippen MR) is 70.3 cm³/mol. The third kappa shape index (κ3) is 3.17. The number of carbonyl (C=O) groups is 1. The molecule has 0 saturated heterocycles. The Balaban J connectivity index is 2.11. The van der Waals surface area contributed by atoms with Gasteiger partial charge in [0.1, 0.15) is 0 Å². The number of amides is 1. The van der Waals surface area contributed by atoms with Crippen LogP contribution in [0.2, 0.25) is 0 Å². The van der Waals surface area contributed by atoms with Crippen LogP contribution < -0.4 is 5.32 Å². The van der Waals surface area contributed by atoms with Gasteiger partial charge in [-0.15, -0.1) is 11.6 Å². The fourth-order valence-electron chi connectivity index (χ4n) is 1.60. The minimum absolute atomic E-state index is 0.00566. The summed E-state index contributed by atoms with van der Waals surface area (Å²) in [5, 5.41) is 3.86. The molecule has 88 valence electrons. The Labute approximate surface area is 105 Å². The second-order valence-corrected chi connectivity index (χ2v) is 4.13. The molecule has 4 heteroatoms. The highest BCUT2D eigenvalue weighted by atomic mass is 35.5. The van der Waals surface area contributed by atoms with Crippen molar-refractivity contribution in [3.05, 3.63) is 36.5 Å². The van der Waals surface area contributed by atoms with E-state index in [1.54, 1.807) is 6.20 Å². The van der Waals surface area contributed by atoms with Crippen molar-refractivity contribution in [1.29, 1.82) is 0 Å². The van der Waals surface area contributed by atoms with Crippen LogP contribution in [0.4, 0.5) is 5.69 Å². The van der Waals surface area contributed by atoms with E-state index in [4.69, 9.17) is 11.6 Å². The van der Waals surface area contributed by atoms with E-state index in [1.807, 2.05) is 30.3 Å². The summed E-state index contributed by atoms with van der Waals surface area (Å²) < 4.78 is 0. The van der Waals surface area contributed by atoms with Gasteiger partial charge in [-0.05, 0) is 30.7 Å². The van der Waals surface area contributed by atoms with E-state index in [2.05, 4.69) is 10.3 Å². The number of benzene rings is 1. The summed E-state index contributed by atoms with van der Waals surface area (Å²) >= 11 is 5.54. The van der Waals surface area contributed by atoms with Crippen LogP contribution in [0.3, 0.4) is 0 Å². The minimum Gasteiger partial charge on any atom is -0.326 e. The van der Waals surface area contributed by atoms with Gasteiger partial charge in [-0.2, -0.15) is 0 Å². The van der Waals surface area contributed by atoms with Crippen molar-refractivity contribution in [2.75, 3.05) is 11.2 Å². The van der Waals surface area contributed by atoms with Crippen LogP contribution in [-0.2, 0) is 4.79 Å². The number of hydrogen-bond donors (Lipinski definition) is 1. The summed E-state index contributed by atoms with van der Waals surface area (Å²) in [5.41, 5.74) is 1.72. The highest BCUT2D eigenvalue weighted by molar-refractivity contribution is 6.18. The number of halogens is 1. The van der Waals surface area contributed by atoms with Crippen molar-refractivity contribution in [2.24, 2.45) is 0 Å². The minimum atomic E-state index is -0.00566. The molecular weight excluding hydrogens is 236 g/mol. The molecule has 1 amide bonds. The fraction of sp³-hybridized carbons (Fsp3) is 0.231. The van der Waals surface area contributed by atoms with Crippen LogP contribution >= 0.6 is 11.6 Å². The summed E-state index contributed by atoms with van der Waals surface area (Å²) in [5.74, 6) is 0.503. The molecule has 0 aliphatic heterocycles. The van der Waals surface area contributed by atoms with E-state index in [0.717, 1.165) is 16.6 Å². The highest BCUT2D eigenvalue weighted by Crippen LogP contribution is 2.17. The quantitative estimate of drug-likeness (QED) is 0.845. The lowest BCUT2D eigenvalue weighted by molar-refractivity contribution is -0.116. The van der Waals surface area contributed by atoms with Crippen LogP contribution in [0.1, 0.15) is 12.8 Å².